The summed E-state index contributed by atoms with van der Waals surface area (Å²) in [6.45, 7) is 0.0921. The Balaban J connectivity index is 2.26. The Kier molecular flexibility index (Phi) is 4.42. The number of rotatable bonds is 5. The van der Waals surface area contributed by atoms with Crippen LogP contribution in [-0.2, 0) is 4.79 Å². The van der Waals surface area contributed by atoms with E-state index in [9.17, 15) is 9.59 Å². The summed E-state index contributed by atoms with van der Waals surface area (Å²) in [5.74, 6) is -1.27. The minimum absolute atomic E-state index is 0.0921. The van der Waals surface area contributed by atoms with E-state index in [0.29, 0.717) is 16.4 Å². The number of carbonyl (C=O) groups is 2. The highest BCUT2D eigenvalue weighted by Gasteiger charge is 2.19. The van der Waals surface area contributed by atoms with E-state index in [-0.39, 0.29) is 18.9 Å². The molecule has 0 bridgehead atoms. The van der Waals surface area contributed by atoms with Crippen molar-refractivity contribution in [1.82, 2.24) is 4.98 Å². The minimum Gasteiger partial charge on any atom is -0.481 e. The van der Waals surface area contributed by atoms with Gasteiger partial charge in [0.25, 0.3) is 5.91 Å². The van der Waals surface area contributed by atoms with Crippen molar-refractivity contribution in [3.8, 4) is 0 Å². The number of hydrogen-bond donors (Lipinski definition) is 2. The smallest absolute Gasteiger partial charge is 0.305 e. The number of carboxylic acid groups (broad SMARTS) is 1. The molecule has 0 radical (unpaired) electrons. The van der Waals surface area contributed by atoms with Crippen molar-refractivity contribution >= 4 is 29.2 Å². The molecule has 0 aliphatic heterocycles. The molecule has 0 spiro atoms. The number of aromatic nitrogens is 1. The number of carbonyl (C=O) groups excluding carboxylic acids is 1. The summed E-state index contributed by atoms with van der Waals surface area (Å²) >= 11 is 5.79. The van der Waals surface area contributed by atoms with E-state index < -0.39 is 5.97 Å². The molecule has 1 heterocycles. The van der Waals surface area contributed by atoms with Gasteiger partial charge in [-0.2, -0.15) is 0 Å². The quantitative estimate of drug-likeness (QED) is 0.890. The maximum absolute atomic E-state index is 12.4. The Morgan fingerprint density at radius 3 is 2.50 bits per heavy atom. The first-order valence-electron chi connectivity index (χ1n) is 6.00. The maximum atomic E-state index is 12.4. The number of hydrogen-bond acceptors (Lipinski definition) is 2. The van der Waals surface area contributed by atoms with Gasteiger partial charge < -0.3 is 15.0 Å². The lowest BCUT2D eigenvalue weighted by molar-refractivity contribution is -0.136. The van der Waals surface area contributed by atoms with Gasteiger partial charge in [0.1, 0.15) is 5.69 Å². The number of anilines is 1. The van der Waals surface area contributed by atoms with E-state index in [1.807, 2.05) is 6.07 Å². The number of aromatic amines is 1. The van der Waals surface area contributed by atoms with E-state index in [4.69, 9.17) is 16.7 Å². The Morgan fingerprint density at radius 1 is 1.25 bits per heavy atom. The van der Waals surface area contributed by atoms with Crippen LogP contribution in [0.15, 0.2) is 42.6 Å². The zero-order valence-electron chi connectivity index (χ0n) is 10.5. The van der Waals surface area contributed by atoms with Crippen LogP contribution < -0.4 is 4.90 Å². The maximum Gasteiger partial charge on any atom is 0.305 e. The molecule has 0 aliphatic rings. The molecule has 0 atom stereocenters. The van der Waals surface area contributed by atoms with E-state index in [1.165, 1.54) is 17.2 Å². The predicted octanol–water partition coefficient (Wildman–Crippen LogP) is 2.79. The van der Waals surface area contributed by atoms with Crippen LogP contribution in [0.1, 0.15) is 16.9 Å². The average Bonchev–Trinajstić information content (AvgIpc) is 2.86. The Labute approximate surface area is 120 Å². The van der Waals surface area contributed by atoms with Crippen molar-refractivity contribution in [3.05, 3.63) is 53.3 Å². The highest BCUT2D eigenvalue weighted by Crippen LogP contribution is 2.18. The lowest BCUT2D eigenvalue weighted by Gasteiger charge is -2.21. The molecule has 6 heteroatoms. The molecule has 5 nitrogen and oxygen atoms in total. The number of nitrogens with zero attached hydrogens (tertiary/aromatic N) is 1. The van der Waals surface area contributed by atoms with Gasteiger partial charge in [0, 0.05) is 18.4 Å². The molecule has 104 valence electrons. The van der Waals surface area contributed by atoms with Crippen LogP contribution in [0.3, 0.4) is 0 Å². The molecule has 0 aliphatic carbocycles. The van der Waals surface area contributed by atoms with Gasteiger partial charge in [0.15, 0.2) is 0 Å². The van der Waals surface area contributed by atoms with Crippen LogP contribution in [0.5, 0.6) is 0 Å². The third kappa shape index (κ3) is 3.39. The molecule has 20 heavy (non-hydrogen) atoms. The molecule has 2 aromatic rings. The summed E-state index contributed by atoms with van der Waals surface area (Å²) in [6, 6.07) is 10.4. The van der Waals surface area contributed by atoms with E-state index in [2.05, 4.69) is 4.98 Å². The Hall–Kier alpha value is -2.27. The van der Waals surface area contributed by atoms with E-state index in [1.54, 1.807) is 24.3 Å². The molecule has 0 saturated carbocycles. The molecule has 1 aromatic carbocycles. The number of para-hydroxylation sites is 1. The molecular formula is C14H13ClN2O3. The lowest BCUT2D eigenvalue weighted by Crippen LogP contribution is -2.33. The number of benzene rings is 1. The summed E-state index contributed by atoms with van der Waals surface area (Å²) in [5.41, 5.74) is 0.966. The van der Waals surface area contributed by atoms with E-state index >= 15 is 0 Å². The Bertz CT molecular complexity index is 610. The number of aliphatic carboxylic acids is 1. The molecule has 1 aromatic heterocycles. The van der Waals surface area contributed by atoms with Crippen LogP contribution in [0, 0.1) is 0 Å². The van der Waals surface area contributed by atoms with Crippen molar-refractivity contribution in [2.75, 3.05) is 11.4 Å². The highest BCUT2D eigenvalue weighted by atomic mass is 35.5. The second-order valence-corrected chi connectivity index (χ2v) is 4.60. The van der Waals surface area contributed by atoms with Gasteiger partial charge in [0.05, 0.1) is 11.4 Å². The predicted molar refractivity (Wildman–Crippen MR) is 76.2 cm³/mol. The summed E-state index contributed by atoms with van der Waals surface area (Å²) in [7, 11) is 0. The number of carboxylic acids is 1. The van der Waals surface area contributed by atoms with Crippen molar-refractivity contribution in [2.24, 2.45) is 0 Å². The zero-order chi connectivity index (χ0) is 14.5. The van der Waals surface area contributed by atoms with Crippen LogP contribution in [0.2, 0.25) is 5.02 Å². The molecule has 0 unspecified atom stereocenters. The first-order valence-corrected chi connectivity index (χ1v) is 6.38. The van der Waals surface area contributed by atoms with Crippen molar-refractivity contribution in [3.63, 3.8) is 0 Å². The topological polar surface area (TPSA) is 73.4 Å². The van der Waals surface area contributed by atoms with Crippen LogP contribution in [0.25, 0.3) is 0 Å². The number of halogens is 1. The van der Waals surface area contributed by atoms with Gasteiger partial charge >= 0.3 is 5.97 Å². The molecule has 0 fully saturated rings. The Morgan fingerprint density at radius 2 is 1.95 bits per heavy atom. The van der Waals surface area contributed by atoms with Gasteiger partial charge in [-0.25, -0.2) is 0 Å². The fraction of sp³-hybridized carbons (Fsp3) is 0.143. The van der Waals surface area contributed by atoms with Crippen molar-refractivity contribution in [2.45, 2.75) is 6.42 Å². The second kappa shape index (κ2) is 6.25. The third-order valence-electron chi connectivity index (χ3n) is 2.74. The monoisotopic (exact) mass is 292 g/mol. The van der Waals surface area contributed by atoms with Crippen LogP contribution >= 0.6 is 11.6 Å². The number of amides is 1. The van der Waals surface area contributed by atoms with E-state index in [0.717, 1.165) is 0 Å². The summed E-state index contributed by atoms with van der Waals surface area (Å²) in [5, 5.41) is 9.23. The summed E-state index contributed by atoms with van der Waals surface area (Å²) in [6.07, 6.45) is 1.38. The molecular weight excluding hydrogens is 280 g/mol. The molecule has 0 saturated heterocycles. The fourth-order valence-corrected chi connectivity index (χ4v) is 1.96. The zero-order valence-corrected chi connectivity index (χ0v) is 11.3. The van der Waals surface area contributed by atoms with Crippen LogP contribution in [0.4, 0.5) is 5.69 Å². The third-order valence-corrected chi connectivity index (χ3v) is 2.96. The average molecular weight is 293 g/mol. The number of nitrogens with one attached hydrogen (secondary N) is 1. The first-order chi connectivity index (χ1) is 9.58. The van der Waals surface area contributed by atoms with Gasteiger partial charge in [0.2, 0.25) is 0 Å². The van der Waals surface area contributed by atoms with Gasteiger partial charge in [-0.1, -0.05) is 29.8 Å². The normalized spacial score (nSPS) is 10.2. The van der Waals surface area contributed by atoms with Gasteiger partial charge in [-0.15, -0.1) is 0 Å². The molecule has 2 N–H and O–H groups in total. The van der Waals surface area contributed by atoms with Crippen molar-refractivity contribution < 1.29 is 14.7 Å². The standard InChI is InChI=1S/C14H13ClN2O3/c15-10-8-12(16-9-10)14(20)17(7-6-13(18)19)11-4-2-1-3-5-11/h1-5,8-9,16H,6-7H2,(H,18,19). The van der Waals surface area contributed by atoms with Crippen LogP contribution in [-0.4, -0.2) is 28.5 Å². The van der Waals surface area contributed by atoms with Gasteiger partial charge in [-0.05, 0) is 18.2 Å². The number of H-pyrrole nitrogens is 1. The largest absolute Gasteiger partial charge is 0.481 e. The lowest BCUT2D eigenvalue weighted by atomic mass is 10.2. The fourth-order valence-electron chi connectivity index (χ4n) is 1.80. The molecule has 2 rings (SSSR count). The second-order valence-electron chi connectivity index (χ2n) is 4.17. The summed E-state index contributed by atoms with van der Waals surface area (Å²) in [4.78, 5) is 27.3. The highest BCUT2D eigenvalue weighted by molar-refractivity contribution is 6.31. The first kappa shape index (κ1) is 14.1. The minimum atomic E-state index is -0.955. The molecule has 1 amide bonds. The van der Waals surface area contributed by atoms with Crippen molar-refractivity contribution in [1.29, 1.82) is 0 Å². The van der Waals surface area contributed by atoms with Gasteiger partial charge in [-0.3, -0.25) is 9.59 Å². The SMILES string of the molecule is O=C(O)CCN(C(=O)c1cc(Cl)c[nH]1)c1ccccc1. The summed E-state index contributed by atoms with van der Waals surface area (Å²) < 4.78 is 0.